The van der Waals surface area contributed by atoms with E-state index in [1.807, 2.05) is 13.0 Å². The number of aryl methyl sites for hydroxylation is 2. The highest BCUT2D eigenvalue weighted by atomic mass is 32.3. The fourth-order valence-electron chi connectivity index (χ4n) is 1.50. The monoisotopic (exact) mass is 365 g/mol. The molecule has 132 valence electrons. The minimum atomic E-state index is -4.41. The third-order valence-corrected chi connectivity index (χ3v) is 4.41. The van der Waals surface area contributed by atoms with Gasteiger partial charge in [0.25, 0.3) is 0 Å². The lowest BCUT2D eigenvalue weighted by Gasteiger charge is -2.13. The Hall–Kier alpha value is -1.29. The smallest absolute Gasteiger partial charge is 0.414 e. The maximum absolute atomic E-state index is 11.5. The van der Waals surface area contributed by atoms with Crippen molar-refractivity contribution in [1.82, 2.24) is 4.90 Å². The van der Waals surface area contributed by atoms with E-state index in [9.17, 15) is 17.8 Å². The molecule has 1 rings (SSSR count). The SMILES string of the molecule is COS(=O)(=O)[O-].Cc1cc([S+](C)C)c(C)cc1OC(=O)N(C)C. The van der Waals surface area contributed by atoms with Gasteiger partial charge in [-0.1, -0.05) is 0 Å². The molecule has 0 saturated heterocycles. The van der Waals surface area contributed by atoms with Crippen molar-refractivity contribution in [2.75, 3.05) is 33.7 Å². The summed E-state index contributed by atoms with van der Waals surface area (Å²) >= 11 is 0. The van der Waals surface area contributed by atoms with Gasteiger partial charge in [-0.3, -0.25) is 4.18 Å². The predicted octanol–water partition coefficient (Wildman–Crippen LogP) is 1.69. The van der Waals surface area contributed by atoms with Crippen molar-refractivity contribution in [3.63, 3.8) is 0 Å². The molecule has 0 bridgehead atoms. The Labute approximate surface area is 140 Å². The van der Waals surface area contributed by atoms with E-state index in [0.717, 1.165) is 12.7 Å². The molecule has 0 heterocycles. The molecule has 7 nitrogen and oxygen atoms in total. The molecule has 1 aromatic carbocycles. The maximum atomic E-state index is 11.5. The fraction of sp³-hybridized carbons (Fsp3) is 0.500. The van der Waals surface area contributed by atoms with Crippen LogP contribution in [0.5, 0.6) is 5.75 Å². The zero-order valence-electron chi connectivity index (χ0n) is 14.4. The van der Waals surface area contributed by atoms with Gasteiger partial charge in [0.15, 0.2) is 4.90 Å². The molecule has 0 saturated carbocycles. The topological polar surface area (TPSA) is 96.0 Å². The minimum absolute atomic E-state index is 0.219. The number of carbonyl (C=O) groups is 1. The molecule has 9 heteroatoms. The van der Waals surface area contributed by atoms with Crippen LogP contribution in [0.2, 0.25) is 0 Å². The average Bonchev–Trinajstić information content (AvgIpc) is 2.41. The number of hydrogen-bond acceptors (Lipinski definition) is 6. The van der Waals surface area contributed by atoms with Crippen LogP contribution in [0.4, 0.5) is 4.79 Å². The van der Waals surface area contributed by atoms with Crippen molar-refractivity contribution in [2.45, 2.75) is 18.7 Å². The number of hydrogen-bond donors (Lipinski definition) is 0. The van der Waals surface area contributed by atoms with Crippen molar-refractivity contribution >= 4 is 27.4 Å². The maximum Gasteiger partial charge on any atom is 0.414 e. The molecule has 0 unspecified atom stereocenters. The molecule has 0 aliphatic heterocycles. The third kappa shape index (κ3) is 8.21. The van der Waals surface area contributed by atoms with E-state index in [1.54, 1.807) is 14.1 Å². The summed E-state index contributed by atoms with van der Waals surface area (Å²) in [7, 11) is -0.0356. The third-order valence-electron chi connectivity index (χ3n) is 2.68. The number of benzene rings is 1. The first-order valence-electron chi connectivity index (χ1n) is 6.48. The van der Waals surface area contributed by atoms with Crippen LogP contribution in [-0.4, -0.2) is 57.7 Å². The summed E-state index contributed by atoms with van der Waals surface area (Å²) in [6, 6.07) is 4.05. The number of rotatable bonds is 3. The second kappa shape index (κ2) is 9.11. The molecule has 0 atom stereocenters. The summed E-state index contributed by atoms with van der Waals surface area (Å²) < 4.78 is 36.3. The van der Waals surface area contributed by atoms with Crippen LogP contribution in [-0.2, 0) is 25.5 Å². The van der Waals surface area contributed by atoms with Crippen LogP contribution in [0.3, 0.4) is 0 Å². The van der Waals surface area contributed by atoms with E-state index in [4.69, 9.17) is 4.74 Å². The van der Waals surface area contributed by atoms with Crippen molar-refractivity contribution < 1.29 is 26.7 Å². The van der Waals surface area contributed by atoms with Gasteiger partial charge in [0.1, 0.15) is 18.3 Å². The van der Waals surface area contributed by atoms with Crippen molar-refractivity contribution in [3.05, 3.63) is 23.3 Å². The van der Waals surface area contributed by atoms with E-state index in [2.05, 4.69) is 29.7 Å². The van der Waals surface area contributed by atoms with Gasteiger partial charge in [-0.05, 0) is 25.5 Å². The molecule has 1 aromatic rings. The Kier molecular flexibility index (Phi) is 8.60. The minimum Gasteiger partial charge on any atom is -0.726 e. The molecule has 0 N–H and O–H groups in total. The lowest BCUT2D eigenvalue weighted by atomic mass is 10.1. The first kappa shape index (κ1) is 21.7. The standard InChI is InChI=1S/C13H20NO2S.CH4O4S/c1-9-8-12(17(5)6)10(2)7-11(9)16-13(15)14(3)4;1-5-6(2,3)4/h7-8H,1-6H3;1H3,(H,2,3,4)/q+1;/p-1. The lowest BCUT2D eigenvalue weighted by molar-refractivity contribution is 0.171. The van der Waals surface area contributed by atoms with Crippen LogP contribution in [0, 0.1) is 13.8 Å². The average molecular weight is 365 g/mol. The molecule has 0 radical (unpaired) electrons. The predicted molar refractivity (Wildman–Crippen MR) is 89.8 cm³/mol. The fourth-order valence-corrected chi connectivity index (χ4v) is 2.61. The summed E-state index contributed by atoms with van der Waals surface area (Å²) in [5.41, 5.74) is 2.17. The quantitative estimate of drug-likeness (QED) is 0.459. The van der Waals surface area contributed by atoms with E-state index < -0.39 is 10.4 Å². The van der Waals surface area contributed by atoms with Crippen LogP contribution in [0.1, 0.15) is 11.1 Å². The van der Waals surface area contributed by atoms with Crippen LogP contribution in [0.25, 0.3) is 0 Å². The van der Waals surface area contributed by atoms with Gasteiger partial charge in [0, 0.05) is 36.6 Å². The van der Waals surface area contributed by atoms with Crippen molar-refractivity contribution in [2.24, 2.45) is 0 Å². The number of ether oxygens (including phenoxy) is 1. The van der Waals surface area contributed by atoms with Crippen LogP contribution < -0.4 is 4.74 Å². The van der Waals surface area contributed by atoms with Gasteiger partial charge in [-0.15, -0.1) is 0 Å². The van der Waals surface area contributed by atoms with Gasteiger partial charge in [-0.2, -0.15) is 0 Å². The summed E-state index contributed by atoms with van der Waals surface area (Å²) in [5, 5.41) is 0. The Morgan fingerprint density at radius 1 is 1.17 bits per heavy atom. The number of carbonyl (C=O) groups excluding carboxylic acids is 1. The summed E-state index contributed by atoms with van der Waals surface area (Å²) in [5.74, 6) is 0.649. The molecule has 23 heavy (non-hydrogen) atoms. The first-order chi connectivity index (χ1) is 10.4. The van der Waals surface area contributed by atoms with E-state index >= 15 is 0 Å². The van der Waals surface area contributed by atoms with E-state index in [0.29, 0.717) is 5.75 Å². The van der Waals surface area contributed by atoms with Gasteiger partial charge in [0.2, 0.25) is 10.4 Å². The van der Waals surface area contributed by atoms with Crippen molar-refractivity contribution in [1.29, 1.82) is 0 Å². The highest BCUT2D eigenvalue weighted by molar-refractivity contribution is 7.95. The molecule has 0 fully saturated rings. The Morgan fingerprint density at radius 3 is 2.00 bits per heavy atom. The number of amides is 1. The Morgan fingerprint density at radius 2 is 1.65 bits per heavy atom. The van der Waals surface area contributed by atoms with E-state index in [-0.39, 0.29) is 17.0 Å². The van der Waals surface area contributed by atoms with Crippen LogP contribution >= 0.6 is 0 Å². The zero-order valence-corrected chi connectivity index (χ0v) is 16.0. The van der Waals surface area contributed by atoms with Gasteiger partial charge in [-0.25, -0.2) is 13.2 Å². The molecule has 0 aromatic heterocycles. The molecule has 1 amide bonds. The first-order valence-corrected chi connectivity index (χ1v) is 9.86. The zero-order chi connectivity index (χ0) is 18.4. The summed E-state index contributed by atoms with van der Waals surface area (Å²) in [6.07, 6.45) is 4.04. The highest BCUT2D eigenvalue weighted by Crippen LogP contribution is 2.26. The van der Waals surface area contributed by atoms with Crippen molar-refractivity contribution in [3.8, 4) is 5.75 Å². The molecular formula is C14H23NO6S2. The molecule has 0 spiro atoms. The van der Waals surface area contributed by atoms with Gasteiger partial charge >= 0.3 is 6.09 Å². The second-order valence-electron chi connectivity index (χ2n) is 5.04. The second-order valence-corrected chi connectivity index (χ2v) is 8.26. The van der Waals surface area contributed by atoms with Gasteiger partial charge < -0.3 is 14.2 Å². The number of nitrogens with zero attached hydrogens (tertiary/aromatic N) is 1. The summed E-state index contributed by atoms with van der Waals surface area (Å²) in [4.78, 5) is 14.2. The highest BCUT2D eigenvalue weighted by Gasteiger charge is 2.17. The molecule has 0 aliphatic carbocycles. The molecule has 0 aliphatic rings. The normalized spacial score (nSPS) is 10.8. The largest absolute Gasteiger partial charge is 0.726 e. The molecular weight excluding hydrogens is 342 g/mol. The van der Waals surface area contributed by atoms with Crippen LogP contribution in [0.15, 0.2) is 17.0 Å². The lowest BCUT2D eigenvalue weighted by Crippen LogP contribution is -2.25. The summed E-state index contributed by atoms with van der Waals surface area (Å²) in [6.45, 7) is 4.02. The Balaban J connectivity index is 0.000000688. The Bertz CT molecular complexity index is 641. The van der Waals surface area contributed by atoms with Gasteiger partial charge in [0.05, 0.1) is 7.11 Å². The van der Waals surface area contributed by atoms with E-state index in [1.165, 1.54) is 15.4 Å².